The molecule has 0 aliphatic heterocycles. The zero-order valence-corrected chi connectivity index (χ0v) is 12.8. The van der Waals surface area contributed by atoms with Crippen molar-refractivity contribution in [2.75, 3.05) is 12.4 Å². The van der Waals surface area contributed by atoms with E-state index in [1.54, 1.807) is 0 Å². The fraction of sp³-hybridized carbons (Fsp3) is 0.611. The van der Waals surface area contributed by atoms with E-state index in [1.807, 2.05) is 25.2 Å². The van der Waals surface area contributed by atoms with Gasteiger partial charge in [0.2, 0.25) is 5.91 Å². The van der Waals surface area contributed by atoms with Gasteiger partial charge in [-0.2, -0.15) is 0 Å². The summed E-state index contributed by atoms with van der Waals surface area (Å²) >= 11 is 0. The molecule has 0 spiro atoms. The Labute approximate surface area is 126 Å². The van der Waals surface area contributed by atoms with Crippen molar-refractivity contribution in [1.82, 2.24) is 5.32 Å². The summed E-state index contributed by atoms with van der Waals surface area (Å²) < 4.78 is 0. The Kier molecular flexibility index (Phi) is 3.07. The fourth-order valence-corrected chi connectivity index (χ4v) is 5.04. The van der Waals surface area contributed by atoms with Crippen LogP contribution in [-0.4, -0.2) is 13.0 Å². The van der Waals surface area contributed by atoms with Crippen LogP contribution < -0.4 is 10.6 Å². The van der Waals surface area contributed by atoms with Crippen LogP contribution in [0, 0.1) is 29.6 Å². The van der Waals surface area contributed by atoms with Gasteiger partial charge in [0.15, 0.2) is 0 Å². The summed E-state index contributed by atoms with van der Waals surface area (Å²) in [4.78, 5) is 12.6. The van der Waals surface area contributed by atoms with E-state index in [-0.39, 0.29) is 11.9 Å². The molecule has 112 valence electrons. The molecule has 1 aromatic carbocycles. The number of hydrogen-bond acceptors (Lipinski definition) is 2. The summed E-state index contributed by atoms with van der Waals surface area (Å²) in [5.41, 5.74) is 2.14. The summed E-state index contributed by atoms with van der Waals surface area (Å²) in [6.45, 7) is 2.12. The SMILES string of the molecule is CNC(C)c1ccccc1NC(=O)C1C2C3CCC(C3)C12. The number of anilines is 1. The van der Waals surface area contributed by atoms with Gasteiger partial charge in [-0.15, -0.1) is 0 Å². The van der Waals surface area contributed by atoms with Crippen LogP contribution in [0.15, 0.2) is 24.3 Å². The number of fused-ring (bicyclic) bond motifs is 5. The van der Waals surface area contributed by atoms with Crippen LogP contribution in [0.4, 0.5) is 5.69 Å². The average molecular weight is 284 g/mol. The molecule has 21 heavy (non-hydrogen) atoms. The molecule has 2 N–H and O–H groups in total. The molecule has 1 amide bonds. The number of rotatable bonds is 4. The van der Waals surface area contributed by atoms with Gasteiger partial charge >= 0.3 is 0 Å². The second kappa shape index (κ2) is 4.84. The minimum Gasteiger partial charge on any atom is -0.326 e. The third-order valence-electron chi connectivity index (χ3n) is 6.16. The second-order valence-corrected chi connectivity index (χ2v) is 7.10. The molecule has 3 saturated carbocycles. The molecule has 0 heterocycles. The topological polar surface area (TPSA) is 41.1 Å². The van der Waals surface area contributed by atoms with Gasteiger partial charge in [0.05, 0.1) is 0 Å². The predicted octanol–water partition coefficient (Wildman–Crippen LogP) is 3.20. The van der Waals surface area contributed by atoms with Crippen LogP contribution in [0.2, 0.25) is 0 Å². The van der Waals surface area contributed by atoms with Crippen molar-refractivity contribution in [3.05, 3.63) is 29.8 Å². The number of carbonyl (C=O) groups excluding carboxylic acids is 1. The van der Waals surface area contributed by atoms with Gasteiger partial charge in [0.1, 0.15) is 0 Å². The Balaban J connectivity index is 1.49. The van der Waals surface area contributed by atoms with Crippen molar-refractivity contribution in [1.29, 1.82) is 0 Å². The molecule has 0 aromatic heterocycles. The second-order valence-electron chi connectivity index (χ2n) is 7.10. The molecule has 3 fully saturated rings. The third kappa shape index (κ3) is 2.02. The molecular formula is C18H24N2O. The number of nitrogens with one attached hydrogen (secondary N) is 2. The molecule has 3 heteroatoms. The van der Waals surface area contributed by atoms with Gasteiger partial charge in [0, 0.05) is 17.6 Å². The number of carbonyl (C=O) groups is 1. The van der Waals surface area contributed by atoms with E-state index in [2.05, 4.69) is 23.6 Å². The normalized spacial score (nSPS) is 37.1. The highest BCUT2D eigenvalue weighted by atomic mass is 16.2. The van der Waals surface area contributed by atoms with E-state index in [9.17, 15) is 4.79 Å². The van der Waals surface area contributed by atoms with Crippen molar-refractivity contribution < 1.29 is 4.79 Å². The zero-order valence-electron chi connectivity index (χ0n) is 12.8. The first kappa shape index (κ1) is 13.3. The minimum absolute atomic E-state index is 0.247. The molecule has 3 nitrogen and oxygen atoms in total. The number of para-hydroxylation sites is 1. The highest BCUT2D eigenvalue weighted by molar-refractivity contribution is 5.95. The number of amides is 1. The van der Waals surface area contributed by atoms with Gasteiger partial charge in [-0.1, -0.05) is 18.2 Å². The van der Waals surface area contributed by atoms with E-state index < -0.39 is 0 Å². The Morgan fingerprint density at radius 3 is 2.52 bits per heavy atom. The van der Waals surface area contributed by atoms with Crippen LogP contribution in [0.5, 0.6) is 0 Å². The highest BCUT2D eigenvalue weighted by Crippen LogP contribution is 2.69. The molecule has 1 aromatic rings. The highest BCUT2D eigenvalue weighted by Gasteiger charge is 2.67. The van der Waals surface area contributed by atoms with Crippen molar-refractivity contribution in [3.63, 3.8) is 0 Å². The predicted molar refractivity (Wildman–Crippen MR) is 83.8 cm³/mol. The first-order chi connectivity index (χ1) is 10.2. The number of hydrogen-bond donors (Lipinski definition) is 2. The summed E-state index contributed by atoms with van der Waals surface area (Å²) in [6.07, 6.45) is 4.12. The lowest BCUT2D eigenvalue weighted by Crippen LogP contribution is -2.21. The maximum atomic E-state index is 12.6. The zero-order chi connectivity index (χ0) is 14.6. The average Bonchev–Trinajstić information content (AvgIpc) is 2.96. The molecule has 0 radical (unpaired) electrons. The number of benzene rings is 1. The van der Waals surface area contributed by atoms with Gasteiger partial charge in [-0.25, -0.2) is 0 Å². The summed E-state index contributed by atoms with van der Waals surface area (Å²) in [6, 6.07) is 8.39. The van der Waals surface area contributed by atoms with Crippen LogP contribution in [-0.2, 0) is 4.79 Å². The molecule has 3 aliphatic carbocycles. The third-order valence-corrected chi connectivity index (χ3v) is 6.16. The molecule has 0 saturated heterocycles. The van der Waals surface area contributed by atoms with Gasteiger partial charge in [-0.3, -0.25) is 4.79 Å². The van der Waals surface area contributed by atoms with E-state index in [0.29, 0.717) is 17.8 Å². The molecule has 2 bridgehead atoms. The maximum absolute atomic E-state index is 12.6. The molecule has 4 rings (SSSR count). The molecule has 5 atom stereocenters. The Morgan fingerprint density at radius 1 is 1.19 bits per heavy atom. The molecular weight excluding hydrogens is 260 g/mol. The Bertz CT molecular complexity index is 554. The Hall–Kier alpha value is -1.35. The maximum Gasteiger partial charge on any atom is 0.228 e. The first-order valence-electron chi connectivity index (χ1n) is 8.27. The minimum atomic E-state index is 0.247. The quantitative estimate of drug-likeness (QED) is 0.891. The standard InChI is InChI=1S/C18H24N2O/c1-10(19-2)13-5-3-4-6-14(13)20-18(21)17-15-11-7-8-12(9-11)16(15)17/h3-6,10-12,15-17,19H,7-9H2,1-2H3,(H,20,21). The lowest BCUT2D eigenvalue weighted by molar-refractivity contribution is -0.118. The summed E-state index contributed by atoms with van der Waals surface area (Å²) in [7, 11) is 1.95. The lowest BCUT2D eigenvalue weighted by Gasteiger charge is -2.17. The van der Waals surface area contributed by atoms with Gasteiger partial charge in [-0.05, 0) is 68.5 Å². The monoisotopic (exact) mass is 284 g/mol. The van der Waals surface area contributed by atoms with Crippen molar-refractivity contribution in [2.24, 2.45) is 29.6 Å². The van der Waals surface area contributed by atoms with Crippen LogP contribution in [0.1, 0.15) is 37.8 Å². The van der Waals surface area contributed by atoms with Crippen molar-refractivity contribution >= 4 is 11.6 Å². The van der Waals surface area contributed by atoms with Crippen LogP contribution >= 0.6 is 0 Å². The molecule has 3 aliphatic rings. The lowest BCUT2D eigenvalue weighted by atomic mass is 10.0. The summed E-state index contributed by atoms with van der Waals surface area (Å²) in [5, 5.41) is 6.46. The summed E-state index contributed by atoms with van der Waals surface area (Å²) in [5.74, 6) is 3.67. The smallest absolute Gasteiger partial charge is 0.228 e. The van der Waals surface area contributed by atoms with Crippen LogP contribution in [0.3, 0.4) is 0 Å². The van der Waals surface area contributed by atoms with Crippen molar-refractivity contribution in [3.8, 4) is 0 Å². The molecule has 5 unspecified atom stereocenters. The van der Waals surface area contributed by atoms with Gasteiger partial charge in [0.25, 0.3) is 0 Å². The Morgan fingerprint density at radius 2 is 1.86 bits per heavy atom. The van der Waals surface area contributed by atoms with Crippen LogP contribution in [0.25, 0.3) is 0 Å². The fourth-order valence-electron chi connectivity index (χ4n) is 5.04. The van der Waals surface area contributed by atoms with E-state index in [4.69, 9.17) is 0 Å². The first-order valence-corrected chi connectivity index (χ1v) is 8.27. The van der Waals surface area contributed by atoms with E-state index >= 15 is 0 Å². The van der Waals surface area contributed by atoms with Gasteiger partial charge < -0.3 is 10.6 Å². The van der Waals surface area contributed by atoms with Crippen molar-refractivity contribution in [2.45, 2.75) is 32.2 Å². The van der Waals surface area contributed by atoms with E-state index in [1.165, 1.54) is 24.8 Å². The van der Waals surface area contributed by atoms with E-state index in [0.717, 1.165) is 17.5 Å². The largest absolute Gasteiger partial charge is 0.326 e.